The van der Waals surface area contributed by atoms with Crippen molar-refractivity contribution in [3.8, 4) is 0 Å². The predicted octanol–water partition coefficient (Wildman–Crippen LogP) is 0.0201. The van der Waals surface area contributed by atoms with E-state index in [1.54, 1.807) is 0 Å². The van der Waals surface area contributed by atoms with Gasteiger partial charge in [0, 0.05) is 0 Å². The number of hydrogen-bond donors (Lipinski definition) is 0. The number of rotatable bonds is 0. The van der Waals surface area contributed by atoms with Gasteiger partial charge in [-0.1, -0.05) is 0 Å². The molecule has 0 bridgehead atoms. The molecule has 0 unspecified atom stereocenters. The second-order valence-corrected chi connectivity index (χ2v) is 3.19. The first-order valence-corrected chi connectivity index (χ1v) is 4.13. The van der Waals surface area contributed by atoms with Gasteiger partial charge in [-0.3, -0.25) is 0 Å². The Morgan fingerprint density at radius 3 is 1.75 bits per heavy atom. The molecule has 0 nitrogen and oxygen atoms in total. The molecule has 0 aromatic heterocycles. The fourth-order valence-corrected chi connectivity index (χ4v) is 0.577. The summed E-state index contributed by atoms with van der Waals surface area (Å²) < 4.78 is 4.55. The van der Waals surface area contributed by atoms with Gasteiger partial charge in [0.05, 0.1) is 0 Å². The van der Waals surface area contributed by atoms with Crippen LogP contribution in [0.15, 0.2) is 10.1 Å². The van der Waals surface area contributed by atoms with Gasteiger partial charge in [0.25, 0.3) is 0 Å². The van der Waals surface area contributed by atoms with Gasteiger partial charge in [0.2, 0.25) is 0 Å². The zero-order chi connectivity index (χ0) is 2.83. The second-order valence-electron chi connectivity index (χ2n) is 0.640. The second kappa shape index (κ2) is 1.03. The standard InChI is InChI=1S/C3H3.Sb/c1-3-2;/h1-3H;. The quantitative estimate of drug-likeness (QED) is 0.439. The van der Waals surface area contributed by atoms with Crippen molar-refractivity contribution in [3.63, 3.8) is 0 Å². The summed E-state index contributed by atoms with van der Waals surface area (Å²) in [5.74, 6) is 0. The van der Waals surface area contributed by atoms with Crippen LogP contribution in [0, 0.1) is 0 Å². The Bertz CT molecular complexity index is 43.7. The van der Waals surface area contributed by atoms with Crippen LogP contribution in [0.25, 0.3) is 0 Å². The van der Waals surface area contributed by atoms with Crippen LogP contribution in [-0.4, -0.2) is 25.1 Å². The molecule has 0 radical (unpaired) electrons. The van der Waals surface area contributed by atoms with E-state index in [2.05, 4.69) is 14.0 Å². The van der Waals surface area contributed by atoms with Gasteiger partial charge < -0.3 is 0 Å². The summed E-state index contributed by atoms with van der Waals surface area (Å²) in [6.45, 7) is 0. The molecule has 4 heavy (non-hydrogen) atoms. The molecule has 0 aromatic carbocycles. The Hall–Kier alpha value is 0.428. The topological polar surface area (TPSA) is 0 Å². The Labute approximate surface area is 35.5 Å². The average molecular weight is 161 g/mol. The minimum atomic E-state index is 0.228. The van der Waals surface area contributed by atoms with E-state index in [4.69, 9.17) is 0 Å². The molecule has 0 aromatic rings. The summed E-state index contributed by atoms with van der Waals surface area (Å²) in [5, 5.41) is 0. The maximum atomic E-state index is 2.28. The Morgan fingerprint density at radius 2 is 1.75 bits per heavy atom. The fraction of sp³-hybridized carbons (Fsp3) is 0. The minimum absolute atomic E-state index is 0.228. The Kier molecular flexibility index (Phi) is 0.684. The van der Waals surface area contributed by atoms with Gasteiger partial charge in [-0.05, 0) is 0 Å². The van der Waals surface area contributed by atoms with Gasteiger partial charge in [-0.15, -0.1) is 0 Å². The van der Waals surface area contributed by atoms with Crippen LogP contribution in [0.1, 0.15) is 0 Å². The molecule has 1 heterocycles. The van der Waals surface area contributed by atoms with Crippen LogP contribution >= 0.6 is 0 Å². The van der Waals surface area contributed by atoms with Gasteiger partial charge >= 0.3 is 35.2 Å². The van der Waals surface area contributed by atoms with Gasteiger partial charge in [-0.2, -0.15) is 0 Å². The number of allylic oxidation sites excluding steroid dienone is 1. The molecule has 0 fully saturated rings. The zero-order valence-electron chi connectivity index (χ0n) is 2.18. The summed E-state index contributed by atoms with van der Waals surface area (Å²) in [6, 6.07) is 0. The third kappa shape index (κ3) is 0.253. The predicted molar refractivity (Wildman–Crippen MR) is 21.0 cm³/mol. The van der Waals surface area contributed by atoms with E-state index in [9.17, 15) is 0 Å². The van der Waals surface area contributed by atoms with E-state index in [1.807, 2.05) is 0 Å². The third-order valence-electron chi connectivity index (χ3n) is 0.344. The van der Waals surface area contributed by atoms with Crippen molar-refractivity contribution in [2.45, 2.75) is 0 Å². The maximum absolute atomic E-state index is 2.28. The summed E-state index contributed by atoms with van der Waals surface area (Å²) in [4.78, 5) is 0. The molecule has 0 spiro atoms. The molecular formula is C3H3Sb. The summed E-state index contributed by atoms with van der Waals surface area (Å²) >= 11 is 0.228. The van der Waals surface area contributed by atoms with Crippen LogP contribution in [0.2, 0.25) is 0 Å². The molecule has 0 N–H and O–H groups in total. The van der Waals surface area contributed by atoms with Crippen molar-refractivity contribution in [2.24, 2.45) is 0 Å². The van der Waals surface area contributed by atoms with Crippen molar-refractivity contribution in [1.82, 2.24) is 0 Å². The first-order chi connectivity index (χ1) is 2.00. The van der Waals surface area contributed by atoms with Gasteiger partial charge in [0.15, 0.2) is 0 Å². The van der Waals surface area contributed by atoms with Crippen LogP contribution in [-0.2, 0) is 0 Å². The van der Waals surface area contributed by atoms with E-state index in [-0.39, 0.29) is 21.1 Å². The van der Waals surface area contributed by atoms with E-state index in [1.165, 1.54) is 0 Å². The van der Waals surface area contributed by atoms with E-state index in [0.717, 1.165) is 0 Å². The van der Waals surface area contributed by atoms with E-state index >= 15 is 0 Å². The molecule has 0 atom stereocenters. The first kappa shape index (κ1) is 2.65. The summed E-state index contributed by atoms with van der Waals surface area (Å²) in [5.41, 5.74) is 0. The van der Waals surface area contributed by atoms with Crippen molar-refractivity contribution >= 4 is 25.1 Å². The average Bonchev–Trinajstić information content (AvgIpc) is 0.722. The van der Waals surface area contributed by atoms with E-state index in [0.29, 0.717) is 0 Å². The third-order valence-corrected chi connectivity index (χ3v) is 2.31. The van der Waals surface area contributed by atoms with E-state index < -0.39 is 0 Å². The molecule has 20 valence electrons. The van der Waals surface area contributed by atoms with Crippen LogP contribution < -0.4 is 0 Å². The molecule has 0 saturated heterocycles. The van der Waals surface area contributed by atoms with Crippen molar-refractivity contribution < 1.29 is 0 Å². The van der Waals surface area contributed by atoms with Crippen molar-refractivity contribution in [2.75, 3.05) is 0 Å². The monoisotopic (exact) mass is 160 g/mol. The Balaban J connectivity index is 2.67. The molecular weight excluding hydrogens is 158 g/mol. The van der Waals surface area contributed by atoms with Crippen molar-refractivity contribution in [1.29, 1.82) is 0 Å². The van der Waals surface area contributed by atoms with Gasteiger partial charge in [0.1, 0.15) is 0 Å². The van der Waals surface area contributed by atoms with Crippen LogP contribution in [0.3, 0.4) is 0 Å². The summed E-state index contributed by atoms with van der Waals surface area (Å²) in [6.07, 6.45) is 2.12. The van der Waals surface area contributed by atoms with Crippen LogP contribution in [0.4, 0.5) is 0 Å². The normalized spacial score (nSPS) is 16.0. The van der Waals surface area contributed by atoms with Crippen molar-refractivity contribution in [3.05, 3.63) is 10.1 Å². The molecule has 0 amide bonds. The molecule has 0 aliphatic carbocycles. The Morgan fingerprint density at radius 1 is 1.50 bits per heavy atom. The fourth-order valence-electron chi connectivity index (χ4n) is 0.0861. The molecule has 1 heteroatoms. The SMILES string of the molecule is C1=[CH][Sb]=[CH]1. The molecule has 1 aliphatic heterocycles. The summed E-state index contributed by atoms with van der Waals surface area (Å²) in [7, 11) is 0. The zero-order valence-corrected chi connectivity index (χ0v) is 4.73. The first-order valence-electron chi connectivity index (χ1n) is 1.18. The van der Waals surface area contributed by atoms with Gasteiger partial charge in [-0.25, -0.2) is 0 Å². The molecule has 1 rings (SSSR count). The molecule has 1 aliphatic rings. The van der Waals surface area contributed by atoms with Crippen LogP contribution in [0.5, 0.6) is 0 Å². The molecule has 0 saturated carbocycles. The number of hydrogen-bond acceptors (Lipinski definition) is 0.